The van der Waals surface area contributed by atoms with Crippen LogP contribution in [-0.4, -0.2) is 10.1 Å². The molecule has 0 radical (unpaired) electrons. The van der Waals surface area contributed by atoms with E-state index in [9.17, 15) is 4.39 Å². The van der Waals surface area contributed by atoms with Gasteiger partial charge in [0.1, 0.15) is 5.82 Å². The second kappa shape index (κ2) is 6.54. The van der Waals surface area contributed by atoms with Crippen molar-refractivity contribution in [3.05, 3.63) is 71.9 Å². The molecule has 0 spiro atoms. The van der Waals surface area contributed by atoms with Gasteiger partial charge < -0.3 is 4.52 Å². The molecule has 5 heteroatoms. The maximum atomic E-state index is 13.1. The van der Waals surface area contributed by atoms with Gasteiger partial charge in [0.05, 0.1) is 5.75 Å². The third-order valence-electron chi connectivity index (χ3n) is 2.88. The molecule has 0 fully saturated rings. The zero-order chi connectivity index (χ0) is 14.5. The third kappa shape index (κ3) is 3.70. The van der Waals surface area contributed by atoms with Crippen molar-refractivity contribution < 1.29 is 8.91 Å². The van der Waals surface area contributed by atoms with Gasteiger partial charge in [0.2, 0.25) is 11.7 Å². The molecule has 21 heavy (non-hydrogen) atoms. The molecule has 0 bridgehead atoms. The van der Waals surface area contributed by atoms with Crippen LogP contribution in [-0.2, 0) is 11.5 Å². The molecule has 0 aliphatic heterocycles. The van der Waals surface area contributed by atoms with Crippen LogP contribution in [0, 0.1) is 5.82 Å². The molecular weight excluding hydrogens is 287 g/mol. The first kappa shape index (κ1) is 13.8. The highest BCUT2D eigenvalue weighted by Gasteiger charge is 2.08. The first-order chi connectivity index (χ1) is 10.3. The number of aromatic nitrogens is 2. The van der Waals surface area contributed by atoms with E-state index < -0.39 is 0 Å². The number of rotatable bonds is 5. The molecule has 3 rings (SSSR count). The zero-order valence-electron chi connectivity index (χ0n) is 11.2. The Morgan fingerprint density at radius 2 is 1.86 bits per heavy atom. The Labute approximate surface area is 126 Å². The van der Waals surface area contributed by atoms with E-state index in [-0.39, 0.29) is 5.82 Å². The molecule has 0 unspecified atom stereocenters. The molecule has 0 saturated heterocycles. The fourth-order valence-corrected chi connectivity index (χ4v) is 2.71. The Hall–Kier alpha value is -2.14. The van der Waals surface area contributed by atoms with Gasteiger partial charge >= 0.3 is 0 Å². The van der Waals surface area contributed by atoms with Crippen molar-refractivity contribution in [3.63, 3.8) is 0 Å². The van der Waals surface area contributed by atoms with E-state index in [2.05, 4.69) is 10.1 Å². The van der Waals surface area contributed by atoms with Crippen LogP contribution >= 0.6 is 11.8 Å². The fourth-order valence-electron chi connectivity index (χ4n) is 1.90. The van der Waals surface area contributed by atoms with Crippen LogP contribution in [0.5, 0.6) is 0 Å². The largest absolute Gasteiger partial charge is 0.338 e. The highest BCUT2D eigenvalue weighted by Crippen LogP contribution is 2.20. The van der Waals surface area contributed by atoms with E-state index in [1.54, 1.807) is 17.8 Å². The van der Waals surface area contributed by atoms with Gasteiger partial charge in [-0.2, -0.15) is 4.98 Å². The lowest BCUT2D eigenvalue weighted by Gasteiger charge is -1.99. The highest BCUT2D eigenvalue weighted by atomic mass is 32.2. The summed E-state index contributed by atoms with van der Waals surface area (Å²) in [5.74, 6) is 2.28. The van der Waals surface area contributed by atoms with Crippen molar-refractivity contribution in [1.82, 2.24) is 10.1 Å². The van der Waals surface area contributed by atoms with Crippen molar-refractivity contribution in [2.24, 2.45) is 0 Å². The van der Waals surface area contributed by atoms with Crippen LogP contribution in [0.2, 0.25) is 0 Å². The summed E-state index contributed by atoms with van der Waals surface area (Å²) in [6.07, 6.45) is 0. The monoisotopic (exact) mass is 300 g/mol. The molecule has 3 nitrogen and oxygen atoms in total. The minimum absolute atomic E-state index is 0.211. The van der Waals surface area contributed by atoms with Gasteiger partial charge in [-0.25, -0.2) is 4.39 Å². The predicted molar refractivity (Wildman–Crippen MR) is 81.1 cm³/mol. The predicted octanol–water partition coefficient (Wildman–Crippen LogP) is 4.31. The summed E-state index contributed by atoms with van der Waals surface area (Å²) in [6.45, 7) is 0. The average molecular weight is 300 g/mol. The minimum Gasteiger partial charge on any atom is -0.338 e. The van der Waals surface area contributed by atoms with Crippen LogP contribution < -0.4 is 0 Å². The summed E-state index contributed by atoms with van der Waals surface area (Å²) < 4.78 is 18.3. The Morgan fingerprint density at radius 1 is 1.00 bits per heavy atom. The molecule has 1 heterocycles. The number of halogens is 1. The Balaban J connectivity index is 1.58. The Morgan fingerprint density at radius 3 is 2.67 bits per heavy atom. The smallest absolute Gasteiger partial charge is 0.236 e. The number of thioether (sulfide) groups is 1. The van der Waals surface area contributed by atoms with Gasteiger partial charge in [0.15, 0.2) is 0 Å². The minimum atomic E-state index is -0.211. The van der Waals surface area contributed by atoms with Crippen LogP contribution in [0.1, 0.15) is 11.5 Å². The molecule has 0 aliphatic carbocycles. The van der Waals surface area contributed by atoms with Crippen LogP contribution in [0.3, 0.4) is 0 Å². The van der Waals surface area contributed by atoms with Gasteiger partial charge in [0, 0.05) is 11.3 Å². The zero-order valence-corrected chi connectivity index (χ0v) is 12.0. The van der Waals surface area contributed by atoms with Gasteiger partial charge in [-0.1, -0.05) is 47.6 Å². The van der Waals surface area contributed by atoms with E-state index in [1.165, 1.54) is 12.1 Å². The molecule has 0 amide bonds. The van der Waals surface area contributed by atoms with Crippen molar-refractivity contribution in [2.75, 3.05) is 0 Å². The van der Waals surface area contributed by atoms with E-state index in [1.807, 2.05) is 36.4 Å². The van der Waals surface area contributed by atoms with Gasteiger partial charge in [-0.15, -0.1) is 11.8 Å². The molecule has 3 aromatic rings. The van der Waals surface area contributed by atoms with E-state index in [0.717, 1.165) is 11.1 Å². The van der Waals surface area contributed by atoms with Crippen LogP contribution in [0.15, 0.2) is 59.1 Å². The summed E-state index contributed by atoms with van der Waals surface area (Å²) >= 11 is 1.61. The molecule has 2 aromatic carbocycles. The number of hydrogen-bond acceptors (Lipinski definition) is 4. The maximum Gasteiger partial charge on any atom is 0.236 e. The summed E-state index contributed by atoms with van der Waals surface area (Å²) in [5.41, 5.74) is 1.88. The van der Waals surface area contributed by atoms with Gasteiger partial charge in [-0.05, 0) is 17.7 Å². The van der Waals surface area contributed by atoms with Crippen molar-refractivity contribution >= 4 is 11.8 Å². The highest BCUT2D eigenvalue weighted by molar-refractivity contribution is 7.97. The van der Waals surface area contributed by atoms with Crippen molar-refractivity contribution in [2.45, 2.75) is 11.5 Å². The molecule has 0 saturated carbocycles. The molecule has 0 aliphatic rings. The van der Waals surface area contributed by atoms with Crippen LogP contribution in [0.4, 0.5) is 4.39 Å². The standard InChI is InChI=1S/C16H13FN2OS/c17-14-8-4-5-12(9-14)10-21-11-15-18-16(19-20-15)13-6-2-1-3-7-13/h1-9H,10-11H2. The lowest BCUT2D eigenvalue weighted by molar-refractivity contribution is 0.391. The summed E-state index contributed by atoms with van der Waals surface area (Å²) in [6, 6.07) is 16.3. The molecule has 106 valence electrons. The average Bonchev–Trinajstić information content (AvgIpc) is 2.97. The number of benzene rings is 2. The Kier molecular flexibility index (Phi) is 4.31. The molecular formula is C16H13FN2OS. The van der Waals surface area contributed by atoms with E-state index >= 15 is 0 Å². The number of hydrogen-bond donors (Lipinski definition) is 0. The Bertz CT molecular complexity index is 715. The summed E-state index contributed by atoms with van der Waals surface area (Å²) in [4.78, 5) is 4.36. The lowest BCUT2D eigenvalue weighted by Crippen LogP contribution is -1.85. The molecule has 0 N–H and O–H groups in total. The number of nitrogens with zero attached hydrogens (tertiary/aromatic N) is 2. The van der Waals surface area contributed by atoms with Gasteiger partial charge in [0.25, 0.3) is 0 Å². The lowest BCUT2D eigenvalue weighted by atomic mass is 10.2. The quantitative estimate of drug-likeness (QED) is 0.704. The van der Waals surface area contributed by atoms with E-state index in [0.29, 0.717) is 23.2 Å². The first-order valence-electron chi connectivity index (χ1n) is 6.51. The first-order valence-corrected chi connectivity index (χ1v) is 7.67. The fraction of sp³-hybridized carbons (Fsp3) is 0.125. The SMILES string of the molecule is Fc1cccc(CSCc2nc(-c3ccccc3)no2)c1. The normalized spacial score (nSPS) is 10.7. The van der Waals surface area contributed by atoms with Gasteiger partial charge in [-0.3, -0.25) is 0 Å². The van der Waals surface area contributed by atoms with Crippen molar-refractivity contribution in [3.8, 4) is 11.4 Å². The van der Waals surface area contributed by atoms with Crippen LogP contribution in [0.25, 0.3) is 11.4 Å². The third-order valence-corrected chi connectivity index (χ3v) is 3.87. The van der Waals surface area contributed by atoms with E-state index in [4.69, 9.17) is 4.52 Å². The second-order valence-electron chi connectivity index (χ2n) is 4.50. The van der Waals surface area contributed by atoms with Crippen molar-refractivity contribution in [1.29, 1.82) is 0 Å². The summed E-state index contributed by atoms with van der Waals surface area (Å²) in [5, 5.41) is 3.97. The molecule has 0 atom stereocenters. The topological polar surface area (TPSA) is 38.9 Å². The maximum absolute atomic E-state index is 13.1. The molecule has 1 aromatic heterocycles. The second-order valence-corrected chi connectivity index (χ2v) is 5.49. The summed E-state index contributed by atoms with van der Waals surface area (Å²) in [7, 11) is 0.